The first-order valence-corrected chi connectivity index (χ1v) is 10.7. The van der Waals surface area contributed by atoms with Crippen LogP contribution in [0.4, 0.5) is 0 Å². The first-order chi connectivity index (χ1) is 15.2. The minimum Gasteiger partial charge on any atom is -0.494 e. The van der Waals surface area contributed by atoms with Crippen LogP contribution in [0.5, 0.6) is 17.2 Å². The predicted octanol–water partition coefficient (Wildman–Crippen LogP) is 5.99. The maximum absolute atomic E-state index is 6.46. The summed E-state index contributed by atoms with van der Waals surface area (Å²) in [5.74, 6) is 2.34. The van der Waals surface area contributed by atoms with Gasteiger partial charge in [0.25, 0.3) is 0 Å². The molecule has 0 saturated heterocycles. The van der Waals surface area contributed by atoms with Crippen molar-refractivity contribution in [3.8, 4) is 17.2 Å². The van der Waals surface area contributed by atoms with Gasteiger partial charge in [-0.05, 0) is 55.0 Å². The van der Waals surface area contributed by atoms with Crippen LogP contribution in [0.15, 0.2) is 71.8 Å². The fraction of sp³-hybridized carbons (Fsp3) is 0.240. The monoisotopic (exact) mass is 434 g/mol. The lowest BCUT2D eigenvalue weighted by molar-refractivity contribution is -0.0208. The molecule has 158 valence electrons. The van der Waals surface area contributed by atoms with Crippen LogP contribution in [0.2, 0.25) is 5.02 Å². The van der Waals surface area contributed by atoms with Gasteiger partial charge in [0.05, 0.1) is 25.5 Å². The molecule has 31 heavy (non-hydrogen) atoms. The molecule has 2 atom stereocenters. The Morgan fingerprint density at radius 1 is 1.10 bits per heavy atom. The second-order valence-electron chi connectivity index (χ2n) is 7.51. The van der Waals surface area contributed by atoms with Gasteiger partial charge in [-0.15, -0.1) is 0 Å². The summed E-state index contributed by atoms with van der Waals surface area (Å²) in [6.07, 6.45) is 0.377. The molecule has 0 bridgehead atoms. The van der Waals surface area contributed by atoms with Crippen LogP contribution in [0.3, 0.4) is 0 Å². The standard InChI is InChI=1S/C25H23ClN2O3/c1-3-30-19-12-10-16(11-13-19)21-15-22-20-8-5-9-23(29-2)24(20)31-25(28(22)27-21)17-6-4-7-18(26)14-17/h4-14,22,25H,3,15H2,1-2H3. The smallest absolute Gasteiger partial charge is 0.214 e. The third kappa shape index (κ3) is 3.59. The molecule has 6 heteroatoms. The molecule has 0 fully saturated rings. The van der Waals surface area contributed by atoms with Gasteiger partial charge in [-0.2, -0.15) is 5.10 Å². The van der Waals surface area contributed by atoms with Crippen LogP contribution >= 0.6 is 11.6 Å². The molecule has 0 aromatic heterocycles. The molecule has 2 unspecified atom stereocenters. The maximum Gasteiger partial charge on any atom is 0.214 e. The zero-order valence-electron chi connectivity index (χ0n) is 17.4. The molecule has 3 aromatic rings. The van der Waals surface area contributed by atoms with E-state index in [0.717, 1.165) is 46.1 Å². The van der Waals surface area contributed by atoms with Crippen LogP contribution in [-0.2, 0) is 0 Å². The molecule has 0 amide bonds. The summed E-state index contributed by atoms with van der Waals surface area (Å²) in [5, 5.41) is 7.70. The Morgan fingerprint density at radius 2 is 1.90 bits per heavy atom. The first kappa shape index (κ1) is 19.8. The van der Waals surface area contributed by atoms with Crippen molar-refractivity contribution in [2.75, 3.05) is 13.7 Å². The van der Waals surface area contributed by atoms with Gasteiger partial charge in [-0.25, -0.2) is 5.01 Å². The van der Waals surface area contributed by atoms with Crippen molar-refractivity contribution in [1.29, 1.82) is 0 Å². The number of hydrogen-bond acceptors (Lipinski definition) is 5. The van der Waals surface area contributed by atoms with Crippen LogP contribution in [0, 0.1) is 0 Å². The lowest BCUT2D eigenvalue weighted by atomic mass is 9.95. The van der Waals surface area contributed by atoms with Crippen molar-refractivity contribution < 1.29 is 14.2 Å². The summed E-state index contributed by atoms with van der Waals surface area (Å²) < 4.78 is 17.6. The average Bonchev–Trinajstić information content (AvgIpc) is 3.24. The first-order valence-electron chi connectivity index (χ1n) is 10.4. The Morgan fingerprint density at radius 3 is 2.65 bits per heavy atom. The van der Waals surface area contributed by atoms with Gasteiger partial charge < -0.3 is 14.2 Å². The molecule has 5 rings (SSSR count). The lowest BCUT2D eigenvalue weighted by Crippen LogP contribution is -2.33. The Hall–Kier alpha value is -3.18. The van der Waals surface area contributed by atoms with E-state index in [1.165, 1.54) is 0 Å². The Kier molecular flexibility index (Phi) is 5.20. The SMILES string of the molecule is CCOc1ccc(C2=NN3C(C2)c2cccc(OC)c2OC3c2cccc(Cl)c2)cc1. The van der Waals surface area contributed by atoms with Crippen LogP contribution in [0.25, 0.3) is 0 Å². The highest BCUT2D eigenvalue weighted by Crippen LogP contribution is 2.50. The molecule has 0 saturated carbocycles. The molecule has 0 aliphatic carbocycles. The average molecular weight is 435 g/mol. The Labute approximate surface area is 186 Å². The number of ether oxygens (including phenoxy) is 3. The third-order valence-electron chi connectivity index (χ3n) is 5.63. The molecular weight excluding hydrogens is 412 g/mol. The van der Waals surface area contributed by atoms with E-state index < -0.39 is 6.23 Å². The van der Waals surface area contributed by atoms with E-state index in [4.69, 9.17) is 30.9 Å². The topological polar surface area (TPSA) is 43.3 Å². The quantitative estimate of drug-likeness (QED) is 0.494. The summed E-state index contributed by atoms with van der Waals surface area (Å²) in [7, 11) is 1.66. The molecule has 5 nitrogen and oxygen atoms in total. The van der Waals surface area contributed by atoms with Crippen LogP contribution in [-0.4, -0.2) is 24.4 Å². The van der Waals surface area contributed by atoms with Crippen LogP contribution < -0.4 is 14.2 Å². The van der Waals surface area contributed by atoms with Crippen LogP contribution in [0.1, 0.15) is 42.3 Å². The molecule has 0 radical (unpaired) electrons. The lowest BCUT2D eigenvalue weighted by Gasteiger charge is -2.38. The third-order valence-corrected chi connectivity index (χ3v) is 5.87. The van der Waals surface area contributed by atoms with E-state index in [9.17, 15) is 0 Å². The van der Waals surface area contributed by atoms with Gasteiger partial charge in [0.15, 0.2) is 11.5 Å². The minimum atomic E-state index is -0.396. The second-order valence-corrected chi connectivity index (χ2v) is 7.94. The van der Waals surface area contributed by atoms with E-state index in [-0.39, 0.29) is 6.04 Å². The number of methoxy groups -OCH3 is 1. The van der Waals surface area contributed by atoms with Gasteiger partial charge in [0.2, 0.25) is 6.23 Å². The molecule has 3 aromatic carbocycles. The number of hydrogen-bond donors (Lipinski definition) is 0. The maximum atomic E-state index is 6.46. The summed E-state index contributed by atoms with van der Waals surface area (Å²) in [5.41, 5.74) is 4.11. The summed E-state index contributed by atoms with van der Waals surface area (Å²) >= 11 is 6.28. The zero-order chi connectivity index (χ0) is 21.4. The van der Waals surface area contributed by atoms with E-state index in [1.54, 1.807) is 7.11 Å². The van der Waals surface area contributed by atoms with Gasteiger partial charge in [-0.3, -0.25) is 0 Å². The summed E-state index contributed by atoms with van der Waals surface area (Å²) in [4.78, 5) is 0. The van der Waals surface area contributed by atoms with Crippen molar-refractivity contribution in [3.63, 3.8) is 0 Å². The molecule has 2 heterocycles. The number of benzene rings is 3. The predicted molar refractivity (Wildman–Crippen MR) is 121 cm³/mol. The Balaban J connectivity index is 1.57. The minimum absolute atomic E-state index is 0.0457. The van der Waals surface area contributed by atoms with Crippen molar-refractivity contribution in [1.82, 2.24) is 5.01 Å². The summed E-state index contributed by atoms with van der Waals surface area (Å²) in [6, 6.07) is 21.9. The normalized spacial score (nSPS) is 19.2. The van der Waals surface area contributed by atoms with Crippen molar-refractivity contribution >= 4 is 17.3 Å². The van der Waals surface area contributed by atoms with Gasteiger partial charge in [-0.1, -0.05) is 35.9 Å². The summed E-state index contributed by atoms with van der Waals surface area (Å²) in [6.45, 7) is 2.63. The molecule has 0 spiro atoms. The van der Waals surface area contributed by atoms with E-state index in [0.29, 0.717) is 11.6 Å². The fourth-order valence-electron chi connectivity index (χ4n) is 4.21. The van der Waals surface area contributed by atoms with Gasteiger partial charge in [0.1, 0.15) is 5.75 Å². The van der Waals surface area contributed by atoms with E-state index in [1.807, 2.05) is 60.5 Å². The van der Waals surface area contributed by atoms with E-state index >= 15 is 0 Å². The second kappa shape index (κ2) is 8.16. The number of fused-ring (bicyclic) bond motifs is 3. The van der Waals surface area contributed by atoms with Crippen molar-refractivity contribution in [2.24, 2.45) is 5.10 Å². The number of para-hydroxylation sites is 1. The van der Waals surface area contributed by atoms with E-state index in [2.05, 4.69) is 18.2 Å². The number of rotatable bonds is 5. The number of nitrogens with zero attached hydrogens (tertiary/aromatic N) is 2. The molecule has 2 aliphatic heterocycles. The Bertz CT molecular complexity index is 1130. The largest absolute Gasteiger partial charge is 0.494 e. The van der Waals surface area contributed by atoms with Crippen molar-refractivity contribution in [3.05, 3.63) is 88.4 Å². The number of hydrazone groups is 1. The molecule has 0 N–H and O–H groups in total. The highest BCUT2D eigenvalue weighted by molar-refractivity contribution is 6.30. The molecule has 2 aliphatic rings. The van der Waals surface area contributed by atoms with Gasteiger partial charge >= 0.3 is 0 Å². The highest BCUT2D eigenvalue weighted by atomic mass is 35.5. The highest BCUT2D eigenvalue weighted by Gasteiger charge is 2.42. The zero-order valence-corrected chi connectivity index (χ0v) is 18.2. The molecular formula is C25H23ClN2O3. The van der Waals surface area contributed by atoms with Crippen molar-refractivity contribution in [2.45, 2.75) is 25.6 Å². The number of halogens is 1. The fourth-order valence-corrected chi connectivity index (χ4v) is 4.41. The van der Waals surface area contributed by atoms with Gasteiger partial charge in [0, 0.05) is 22.6 Å².